The predicted molar refractivity (Wildman–Crippen MR) is 122 cm³/mol. The van der Waals surface area contributed by atoms with Crippen molar-refractivity contribution in [3.8, 4) is 0 Å². The molecule has 0 aliphatic heterocycles. The maximum Gasteiger partial charge on any atom is 0.253 e. The number of imidazole rings is 1. The number of carbonyl (C=O) groups excluding carboxylic acids is 1. The van der Waals surface area contributed by atoms with Crippen LogP contribution < -0.4 is 10.6 Å². The van der Waals surface area contributed by atoms with Crippen molar-refractivity contribution < 1.29 is 4.79 Å². The molecular weight excluding hydrogens is 421 g/mol. The number of H-pyrrole nitrogens is 1. The highest BCUT2D eigenvalue weighted by molar-refractivity contribution is 6.39. The molecule has 30 heavy (non-hydrogen) atoms. The Labute approximate surface area is 185 Å². The molecule has 0 saturated heterocycles. The minimum absolute atomic E-state index is 0.107. The number of nitrogens with zero attached hydrogens (tertiary/aromatic N) is 2. The van der Waals surface area contributed by atoms with Crippen LogP contribution in [0.4, 0.5) is 11.6 Å². The summed E-state index contributed by atoms with van der Waals surface area (Å²) >= 11 is 12.4. The van der Waals surface area contributed by atoms with Crippen molar-refractivity contribution in [3.05, 3.63) is 46.1 Å². The number of hydrogen-bond acceptors (Lipinski definition) is 4. The SMILES string of the molecule is CC(C)[C@H]1CC[C@H](NC(=O)c2cnc3[nH]c(Nc4c(Cl)cccc4Cl)nc3c2)CC1. The van der Waals surface area contributed by atoms with Crippen molar-refractivity contribution in [2.75, 3.05) is 5.32 Å². The van der Waals surface area contributed by atoms with Gasteiger partial charge in [0.2, 0.25) is 5.95 Å². The fourth-order valence-corrected chi connectivity index (χ4v) is 4.51. The molecule has 1 saturated carbocycles. The summed E-state index contributed by atoms with van der Waals surface area (Å²) in [6.07, 6.45) is 5.96. The molecule has 2 aromatic heterocycles. The maximum absolute atomic E-state index is 12.7. The second kappa shape index (κ2) is 8.82. The van der Waals surface area contributed by atoms with E-state index in [1.807, 2.05) is 0 Å². The Morgan fingerprint density at radius 3 is 2.53 bits per heavy atom. The minimum Gasteiger partial charge on any atom is -0.349 e. The molecule has 0 bridgehead atoms. The van der Waals surface area contributed by atoms with Crippen LogP contribution in [0.5, 0.6) is 0 Å². The smallest absolute Gasteiger partial charge is 0.253 e. The van der Waals surface area contributed by atoms with E-state index in [0.717, 1.165) is 18.8 Å². The van der Waals surface area contributed by atoms with Crippen LogP contribution >= 0.6 is 23.2 Å². The topological polar surface area (TPSA) is 82.7 Å². The summed E-state index contributed by atoms with van der Waals surface area (Å²) < 4.78 is 0. The summed E-state index contributed by atoms with van der Waals surface area (Å²) in [6.45, 7) is 4.55. The Morgan fingerprint density at radius 2 is 1.87 bits per heavy atom. The molecule has 3 aromatic rings. The Balaban J connectivity index is 1.45. The quantitative estimate of drug-likeness (QED) is 0.452. The molecular formula is C22H25Cl2N5O. The number of aromatic amines is 1. The lowest BCUT2D eigenvalue weighted by Gasteiger charge is -2.31. The van der Waals surface area contributed by atoms with Gasteiger partial charge in [-0.15, -0.1) is 0 Å². The number of amides is 1. The van der Waals surface area contributed by atoms with E-state index in [1.54, 1.807) is 30.5 Å². The standard InChI is InChI=1S/C22H25Cl2N5O/c1-12(2)13-6-8-15(9-7-13)26-21(30)14-10-18-20(25-11-14)29-22(27-18)28-19-16(23)4-3-5-17(19)24/h3-5,10-13,15H,6-9H2,1-2H3,(H,26,30)(H2,25,27,28,29)/t13-,15-. The zero-order valence-electron chi connectivity index (χ0n) is 17.0. The molecule has 8 heteroatoms. The lowest BCUT2D eigenvalue weighted by Crippen LogP contribution is -2.38. The highest BCUT2D eigenvalue weighted by atomic mass is 35.5. The largest absolute Gasteiger partial charge is 0.349 e. The molecule has 1 fully saturated rings. The summed E-state index contributed by atoms with van der Waals surface area (Å²) in [7, 11) is 0. The average molecular weight is 446 g/mol. The Bertz CT molecular complexity index is 1040. The molecule has 158 valence electrons. The van der Waals surface area contributed by atoms with Crippen LogP contribution in [0.25, 0.3) is 11.2 Å². The van der Waals surface area contributed by atoms with Gasteiger partial charge in [-0.05, 0) is 55.7 Å². The number of para-hydroxylation sites is 1. The van der Waals surface area contributed by atoms with E-state index >= 15 is 0 Å². The third-order valence-corrected chi connectivity index (χ3v) is 6.48. The normalized spacial score (nSPS) is 19.2. The Morgan fingerprint density at radius 1 is 1.17 bits per heavy atom. The van der Waals surface area contributed by atoms with E-state index < -0.39 is 0 Å². The highest BCUT2D eigenvalue weighted by Gasteiger charge is 2.24. The van der Waals surface area contributed by atoms with Gasteiger partial charge in [0, 0.05) is 12.2 Å². The number of anilines is 2. The van der Waals surface area contributed by atoms with Crippen LogP contribution in [-0.4, -0.2) is 26.9 Å². The third-order valence-electron chi connectivity index (χ3n) is 5.85. The van der Waals surface area contributed by atoms with Gasteiger partial charge in [0.25, 0.3) is 5.91 Å². The molecule has 1 aliphatic carbocycles. The van der Waals surface area contributed by atoms with Crippen LogP contribution in [0.3, 0.4) is 0 Å². The van der Waals surface area contributed by atoms with Crippen LogP contribution in [0.1, 0.15) is 49.9 Å². The monoisotopic (exact) mass is 445 g/mol. The van der Waals surface area contributed by atoms with E-state index in [0.29, 0.717) is 44.3 Å². The minimum atomic E-state index is -0.107. The number of pyridine rings is 1. The van der Waals surface area contributed by atoms with Crippen LogP contribution in [0.15, 0.2) is 30.5 Å². The zero-order chi connectivity index (χ0) is 21.3. The molecule has 4 rings (SSSR count). The molecule has 0 unspecified atom stereocenters. The Kier molecular flexibility index (Phi) is 6.16. The van der Waals surface area contributed by atoms with Crippen molar-refractivity contribution in [1.82, 2.24) is 20.3 Å². The molecule has 0 atom stereocenters. The fraction of sp³-hybridized carbons (Fsp3) is 0.409. The van der Waals surface area contributed by atoms with Crippen molar-refractivity contribution in [2.45, 2.75) is 45.6 Å². The van der Waals surface area contributed by atoms with Gasteiger partial charge in [0.1, 0.15) is 5.52 Å². The average Bonchev–Trinajstić information content (AvgIpc) is 3.13. The van der Waals surface area contributed by atoms with Gasteiger partial charge in [-0.3, -0.25) is 4.79 Å². The number of hydrogen-bond donors (Lipinski definition) is 3. The fourth-order valence-electron chi connectivity index (χ4n) is 4.01. The number of aromatic nitrogens is 3. The predicted octanol–water partition coefficient (Wildman–Crippen LogP) is 5.95. The summed E-state index contributed by atoms with van der Waals surface area (Å²) in [5, 5.41) is 7.22. The van der Waals surface area contributed by atoms with Crippen molar-refractivity contribution >= 4 is 51.9 Å². The number of halogens is 2. The number of carbonyl (C=O) groups is 1. The highest BCUT2D eigenvalue weighted by Crippen LogP contribution is 2.32. The lowest BCUT2D eigenvalue weighted by atomic mass is 9.79. The van der Waals surface area contributed by atoms with Gasteiger partial charge < -0.3 is 15.6 Å². The summed E-state index contributed by atoms with van der Waals surface area (Å²) in [5.41, 5.74) is 2.24. The van der Waals surface area contributed by atoms with Gasteiger partial charge in [0.05, 0.1) is 21.3 Å². The summed E-state index contributed by atoms with van der Waals surface area (Å²) in [5.74, 6) is 1.82. The summed E-state index contributed by atoms with van der Waals surface area (Å²) in [6, 6.07) is 7.23. The van der Waals surface area contributed by atoms with Gasteiger partial charge in [-0.1, -0.05) is 43.1 Å². The van der Waals surface area contributed by atoms with Crippen LogP contribution in [-0.2, 0) is 0 Å². The van der Waals surface area contributed by atoms with Crippen LogP contribution in [0.2, 0.25) is 10.0 Å². The van der Waals surface area contributed by atoms with E-state index in [1.165, 1.54) is 12.8 Å². The first-order chi connectivity index (χ1) is 14.4. The molecule has 0 radical (unpaired) electrons. The van der Waals surface area contributed by atoms with E-state index in [4.69, 9.17) is 23.2 Å². The number of fused-ring (bicyclic) bond motifs is 1. The van der Waals surface area contributed by atoms with Gasteiger partial charge in [0.15, 0.2) is 5.65 Å². The molecule has 3 N–H and O–H groups in total. The zero-order valence-corrected chi connectivity index (χ0v) is 18.5. The third kappa shape index (κ3) is 4.55. The van der Waals surface area contributed by atoms with Crippen molar-refractivity contribution in [2.24, 2.45) is 11.8 Å². The number of rotatable bonds is 5. The molecule has 0 spiro atoms. The second-order valence-corrected chi connectivity index (χ2v) is 9.04. The van der Waals surface area contributed by atoms with Crippen molar-refractivity contribution in [1.29, 1.82) is 0 Å². The molecule has 2 heterocycles. The molecule has 1 aromatic carbocycles. The first-order valence-electron chi connectivity index (χ1n) is 10.3. The molecule has 6 nitrogen and oxygen atoms in total. The van der Waals surface area contributed by atoms with Crippen LogP contribution in [0, 0.1) is 11.8 Å². The molecule has 1 amide bonds. The first kappa shape index (κ1) is 20.9. The van der Waals surface area contributed by atoms with E-state index in [2.05, 4.69) is 39.4 Å². The molecule has 1 aliphatic rings. The maximum atomic E-state index is 12.7. The first-order valence-corrected chi connectivity index (χ1v) is 11.0. The number of nitrogens with one attached hydrogen (secondary N) is 3. The number of benzene rings is 1. The van der Waals surface area contributed by atoms with E-state index in [9.17, 15) is 4.79 Å². The van der Waals surface area contributed by atoms with Crippen molar-refractivity contribution in [3.63, 3.8) is 0 Å². The van der Waals surface area contributed by atoms with Gasteiger partial charge in [-0.25, -0.2) is 9.97 Å². The van der Waals surface area contributed by atoms with Gasteiger partial charge in [-0.2, -0.15) is 0 Å². The van der Waals surface area contributed by atoms with E-state index in [-0.39, 0.29) is 11.9 Å². The lowest BCUT2D eigenvalue weighted by molar-refractivity contribution is 0.0917. The summed E-state index contributed by atoms with van der Waals surface area (Å²) in [4.78, 5) is 24.6. The Hall–Kier alpha value is -2.31. The second-order valence-electron chi connectivity index (χ2n) is 8.23. The van der Waals surface area contributed by atoms with Gasteiger partial charge >= 0.3 is 0 Å².